The minimum absolute atomic E-state index is 0.00424. The van der Waals surface area contributed by atoms with E-state index in [0.717, 1.165) is 24.3 Å². The van der Waals surface area contributed by atoms with Crippen molar-refractivity contribution in [3.63, 3.8) is 0 Å². The molecule has 0 saturated heterocycles. The molecule has 0 aliphatic rings. The van der Waals surface area contributed by atoms with Gasteiger partial charge in [0.2, 0.25) is 0 Å². The molecule has 0 unspecified atom stereocenters. The van der Waals surface area contributed by atoms with Crippen LogP contribution in [-0.2, 0) is 6.18 Å². The van der Waals surface area contributed by atoms with Gasteiger partial charge in [-0.2, -0.15) is 13.2 Å². The Labute approximate surface area is 153 Å². The second kappa shape index (κ2) is 7.07. The smallest absolute Gasteiger partial charge is 0.335 e. The summed E-state index contributed by atoms with van der Waals surface area (Å²) in [5.74, 6) is -3.93. The lowest BCUT2D eigenvalue weighted by Crippen LogP contribution is -2.05. The zero-order chi connectivity index (χ0) is 19.8. The molecule has 0 radical (unpaired) electrons. The number of hydrogen-bond acceptors (Lipinski definition) is 3. The Kier molecular flexibility index (Phi) is 4.97. The molecule has 0 atom stereocenters. The molecule has 1 heterocycles. The van der Waals surface area contributed by atoms with Gasteiger partial charge >= 0.3 is 6.18 Å². The normalized spacial score (nSPS) is 11.5. The van der Waals surface area contributed by atoms with Crippen molar-refractivity contribution in [1.82, 2.24) is 9.97 Å². The first-order valence-corrected chi connectivity index (χ1v) is 7.65. The largest absolute Gasteiger partial charge is 0.416 e. The number of rotatable bonds is 3. The average molecular weight is 404 g/mol. The van der Waals surface area contributed by atoms with Crippen molar-refractivity contribution in [3.05, 3.63) is 70.6 Å². The molecule has 0 aliphatic carbocycles. The summed E-state index contributed by atoms with van der Waals surface area (Å²) in [5, 5.41) is 2.11. The van der Waals surface area contributed by atoms with Gasteiger partial charge < -0.3 is 5.32 Å². The van der Waals surface area contributed by atoms with Crippen LogP contribution in [0.5, 0.6) is 0 Å². The lowest BCUT2D eigenvalue weighted by atomic mass is 10.1. The van der Waals surface area contributed by atoms with E-state index in [9.17, 15) is 26.3 Å². The molecule has 3 aromatic rings. The van der Waals surface area contributed by atoms with Crippen LogP contribution in [0.15, 0.2) is 42.5 Å². The molecule has 10 heteroatoms. The Morgan fingerprint density at radius 2 is 1.56 bits per heavy atom. The van der Waals surface area contributed by atoms with Crippen LogP contribution in [0.3, 0.4) is 0 Å². The first kappa shape index (κ1) is 19.0. The summed E-state index contributed by atoms with van der Waals surface area (Å²) < 4.78 is 79.1. The van der Waals surface area contributed by atoms with E-state index in [0.29, 0.717) is 12.1 Å². The predicted molar refractivity (Wildman–Crippen MR) is 87.1 cm³/mol. The van der Waals surface area contributed by atoms with Crippen LogP contribution in [0.2, 0.25) is 5.15 Å². The molecule has 0 fully saturated rings. The van der Waals surface area contributed by atoms with Crippen LogP contribution in [0.25, 0.3) is 11.4 Å². The Hall–Kier alpha value is -2.81. The summed E-state index contributed by atoms with van der Waals surface area (Å²) in [5.41, 5.74) is -1.62. The third-order valence-electron chi connectivity index (χ3n) is 3.40. The zero-order valence-electron chi connectivity index (χ0n) is 13.1. The number of anilines is 2. The Morgan fingerprint density at radius 1 is 0.889 bits per heavy atom. The minimum Gasteiger partial charge on any atom is -0.335 e. The van der Waals surface area contributed by atoms with E-state index >= 15 is 0 Å². The summed E-state index contributed by atoms with van der Waals surface area (Å²) in [4.78, 5) is 7.75. The maximum Gasteiger partial charge on any atom is 0.416 e. The molecule has 140 valence electrons. The monoisotopic (exact) mass is 403 g/mol. The van der Waals surface area contributed by atoms with Gasteiger partial charge in [-0.3, -0.25) is 0 Å². The fourth-order valence-corrected chi connectivity index (χ4v) is 2.42. The fourth-order valence-electron chi connectivity index (χ4n) is 2.24. The number of nitrogens with zero attached hydrogens (tertiary/aromatic N) is 2. The minimum atomic E-state index is -4.57. The third-order valence-corrected chi connectivity index (χ3v) is 3.60. The van der Waals surface area contributed by atoms with Gasteiger partial charge in [-0.25, -0.2) is 23.1 Å². The van der Waals surface area contributed by atoms with Gasteiger partial charge in [0.15, 0.2) is 17.5 Å². The summed E-state index contributed by atoms with van der Waals surface area (Å²) >= 11 is 5.84. The molecule has 3 rings (SSSR count). The van der Waals surface area contributed by atoms with E-state index in [4.69, 9.17) is 11.6 Å². The number of hydrogen-bond donors (Lipinski definition) is 1. The summed E-state index contributed by atoms with van der Waals surface area (Å²) in [6.45, 7) is 0. The second-order valence-corrected chi connectivity index (χ2v) is 5.73. The van der Waals surface area contributed by atoms with Gasteiger partial charge in [-0.1, -0.05) is 23.7 Å². The number of alkyl halides is 3. The average Bonchev–Trinajstić information content (AvgIpc) is 2.57. The summed E-state index contributed by atoms with van der Waals surface area (Å²) in [7, 11) is 0. The maximum atomic E-state index is 13.8. The van der Waals surface area contributed by atoms with E-state index in [-0.39, 0.29) is 22.4 Å². The highest BCUT2D eigenvalue weighted by atomic mass is 35.5. The summed E-state index contributed by atoms with van der Waals surface area (Å²) in [6.07, 6.45) is -4.57. The highest BCUT2D eigenvalue weighted by molar-refractivity contribution is 6.29. The van der Waals surface area contributed by atoms with Gasteiger partial charge in [0.1, 0.15) is 22.5 Å². The van der Waals surface area contributed by atoms with E-state index in [1.54, 1.807) is 0 Å². The second-order valence-electron chi connectivity index (χ2n) is 5.35. The molecule has 1 N–H and O–H groups in total. The van der Waals surface area contributed by atoms with Crippen LogP contribution in [0.4, 0.5) is 37.8 Å². The van der Waals surface area contributed by atoms with E-state index in [2.05, 4.69) is 15.3 Å². The van der Waals surface area contributed by atoms with Gasteiger partial charge in [0.25, 0.3) is 0 Å². The number of nitrogens with one attached hydrogen (secondary N) is 1. The van der Waals surface area contributed by atoms with Crippen molar-refractivity contribution in [1.29, 1.82) is 0 Å². The molecular weight excluding hydrogens is 396 g/mol. The Balaban J connectivity index is 2.01. The molecule has 0 spiro atoms. The quantitative estimate of drug-likeness (QED) is 0.432. The Bertz CT molecular complexity index is 983. The van der Waals surface area contributed by atoms with Gasteiger partial charge in [-0.15, -0.1) is 0 Å². The molecular formula is C17H8ClF6N3. The number of halogens is 7. The Morgan fingerprint density at radius 3 is 2.19 bits per heavy atom. The van der Waals surface area contributed by atoms with Gasteiger partial charge in [0.05, 0.1) is 5.56 Å². The van der Waals surface area contributed by atoms with Crippen molar-refractivity contribution in [2.75, 3.05) is 5.32 Å². The molecule has 0 aliphatic heterocycles. The van der Waals surface area contributed by atoms with Crippen molar-refractivity contribution < 1.29 is 26.3 Å². The van der Waals surface area contributed by atoms with Crippen LogP contribution in [0.1, 0.15) is 5.56 Å². The van der Waals surface area contributed by atoms with Crippen molar-refractivity contribution in [3.8, 4) is 11.4 Å². The number of aromatic nitrogens is 2. The molecule has 2 aromatic carbocycles. The molecule has 27 heavy (non-hydrogen) atoms. The molecule has 0 bridgehead atoms. The third kappa shape index (κ3) is 4.30. The first-order valence-electron chi connectivity index (χ1n) is 7.27. The van der Waals surface area contributed by atoms with Crippen LogP contribution >= 0.6 is 11.6 Å². The van der Waals surface area contributed by atoms with Crippen LogP contribution in [0, 0.1) is 17.5 Å². The highest BCUT2D eigenvalue weighted by Gasteiger charge is 2.30. The predicted octanol–water partition coefficient (Wildman–Crippen LogP) is 5.98. The molecule has 1 aromatic heterocycles. The van der Waals surface area contributed by atoms with Crippen molar-refractivity contribution >= 4 is 23.1 Å². The molecule has 0 saturated carbocycles. The molecule has 0 amide bonds. The number of benzene rings is 2. The maximum absolute atomic E-state index is 13.8. The summed E-state index contributed by atoms with van der Waals surface area (Å²) in [6, 6.07) is 6.20. The lowest BCUT2D eigenvalue weighted by Gasteiger charge is -2.11. The van der Waals surface area contributed by atoms with Gasteiger partial charge in [0, 0.05) is 23.8 Å². The van der Waals surface area contributed by atoms with Crippen LogP contribution in [-0.4, -0.2) is 9.97 Å². The van der Waals surface area contributed by atoms with E-state index < -0.39 is 34.9 Å². The zero-order valence-corrected chi connectivity index (χ0v) is 13.8. The standard InChI is InChI=1S/C17H8ClF6N3/c18-13-7-14(26-15-11(20)5-10(19)6-12(15)21)27-16(25-13)8-2-1-3-9(4-8)17(22,23)24/h1-7H,(H,25,26,27). The van der Waals surface area contributed by atoms with Crippen molar-refractivity contribution in [2.24, 2.45) is 0 Å². The fraction of sp³-hybridized carbons (Fsp3) is 0.0588. The lowest BCUT2D eigenvalue weighted by molar-refractivity contribution is -0.137. The SMILES string of the molecule is Fc1cc(F)c(Nc2cc(Cl)nc(-c3cccc(C(F)(F)F)c3)n2)c(F)c1. The van der Waals surface area contributed by atoms with Crippen LogP contribution < -0.4 is 5.32 Å². The van der Waals surface area contributed by atoms with E-state index in [1.807, 2.05) is 0 Å². The first-order chi connectivity index (χ1) is 12.6. The van der Waals surface area contributed by atoms with Crippen molar-refractivity contribution in [2.45, 2.75) is 6.18 Å². The van der Waals surface area contributed by atoms with E-state index in [1.165, 1.54) is 6.07 Å². The topological polar surface area (TPSA) is 37.8 Å². The molecule has 3 nitrogen and oxygen atoms in total. The van der Waals surface area contributed by atoms with Gasteiger partial charge in [-0.05, 0) is 12.1 Å². The highest BCUT2D eigenvalue weighted by Crippen LogP contribution is 2.32.